The predicted octanol–water partition coefficient (Wildman–Crippen LogP) is 5.67. The molecule has 0 aliphatic carbocycles. The third kappa shape index (κ3) is 5.55. The van der Waals surface area contributed by atoms with Crippen LogP contribution in [0.15, 0.2) is 42.5 Å². The van der Waals surface area contributed by atoms with Crippen molar-refractivity contribution in [2.24, 2.45) is 5.92 Å². The average molecular weight is 403 g/mol. The zero-order chi connectivity index (χ0) is 19.9. The van der Waals surface area contributed by atoms with Crippen LogP contribution in [-0.2, 0) is 17.8 Å². The molecular formula is C23H28ClFN2O. The number of amides is 1. The number of rotatable bonds is 7. The minimum Gasteiger partial charge on any atom is -0.326 e. The van der Waals surface area contributed by atoms with E-state index in [-0.39, 0.29) is 17.6 Å². The van der Waals surface area contributed by atoms with Crippen LogP contribution in [0.3, 0.4) is 0 Å². The van der Waals surface area contributed by atoms with Crippen LogP contribution < -0.4 is 5.32 Å². The number of halogens is 2. The van der Waals surface area contributed by atoms with Crippen molar-refractivity contribution < 1.29 is 9.18 Å². The lowest BCUT2D eigenvalue weighted by atomic mass is 9.96. The molecule has 1 unspecified atom stereocenters. The van der Waals surface area contributed by atoms with Crippen molar-refractivity contribution >= 4 is 23.2 Å². The molecule has 1 amide bonds. The van der Waals surface area contributed by atoms with Gasteiger partial charge in [0.05, 0.1) is 5.92 Å². The summed E-state index contributed by atoms with van der Waals surface area (Å²) in [6.45, 7) is 4.08. The fraction of sp³-hybridized carbons (Fsp3) is 0.435. The Labute approximate surface area is 171 Å². The van der Waals surface area contributed by atoms with Crippen LogP contribution in [-0.4, -0.2) is 23.9 Å². The Kier molecular flexibility index (Phi) is 7.46. The van der Waals surface area contributed by atoms with Gasteiger partial charge in [-0.2, -0.15) is 0 Å². The van der Waals surface area contributed by atoms with Gasteiger partial charge in [0.15, 0.2) is 0 Å². The van der Waals surface area contributed by atoms with E-state index in [1.54, 1.807) is 12.1 Å². The number of aryl methyl sites for hydroxylation is 1. The van der Waals surface area contributed by atoms with Gasteiger partial charge in [-0.1, -0.05) is 43.1 Å². The lowest BCUT2D eigenvalue weighted by Gasteiger charge is -2.32. The number of unbranched alkanes of at least 4 members (excludes halogenated alkanes) is 1. The summed E-state index contributed by atoms with van der Waals surface area (Å²) in [7, 11) is 0. The quantitative estimate of drug-likeness (QED) is 0.646. The van der Waals surface area contributed by atoms with Gasteiger partial charge in [0.1, 0.15) is 5.82 Å². The van der Waals surface area contributed by atoms with Crippen LogP contribution in [0.1, 0.15) is 43.7 Å². The summed E-state index contributed by atoms with van der Waals surface area (Å²) in [6.07, 6.45) is 5.19. The Morgan fingerprint density at radius 2 is 2.04 bits per heavy atom. The highest BCUT2D eigenvalue weighted by molar-refractivity contribution is 6.31. The fourth-order valence-electron chi connectivity index (χ4n) is 3.70. The van der Waals surface area contributed by atoms with Gasteiger partial charge in [0.2, 0.25) is 5.91 Å². The van der Waals surface area contributed by atoms with Crippen molar-refractivity contribution in [3.8, 4) is 0 Å². The van der Waals surface area contributed by atoms with Crippen LogP contribution in [0.4, 0.5) is 10.1 Å². The standard InChI is InChI=1S/C23H28ClFN2O/c1-2-3-6-17-10-12-19(13-11-17)26-23(28)18-7-5-14-27(15-18)16-20-21(24)8-4-9-22(20)25/h4,8-13,18H,2-3,5-7,14-16H2,1H3,(H,26,28). The first-order chi connectivity index (χ1) is 13.6. The molecule has 2 aromatic carbocycles. The molecule has 1 N–H and O–H groups in total. The van der Waals surface area contributed by atoms with E-state index in [1.165, 1.54) is 24.5 Å². The molecule has 1 saturated heterocycles. The fourth-order valence-corrected chi connectivity index (χ4v) is 3.92. The Morgan fingerprint density at radius 1 is 1.25 bits per heavy atom. The van der Waals surface area contributed by atoms with Crippen molar-refractivity contribution in [3.63, 3.8) is 0 Å². The Hall–Kier alpha value is -1.91. The van der Waals surface area contributed by atoms with Crippen LogP contribution >= 0.6 is 11.6 Å². The Bertz CT molecular complexity index is 773. The molecule has 1 aliphatic rings. The molecule has 0 spiro atoms. The third-order valence-corrected chi connectivity index (χ3v) is 5.71. The van der Waals surface area contributed by atoms with Gasteiger partial charge < -0.3 is 5.32 Å². The maximum Gasteiger partial charge on any atom is 0.228 e. The average Bonchev–Trinajstić information content (AvgIpc) is 2.70. The number of piperidine rings is 1. The molecule has 0 aromatic heterocycles. The number of anilines is 1. The lowest BCUT2D eigenvalue weighted by Crippen LogP contribution is -2.40. The van der Waals surface area contributed by atoms with Crippen LogP contribution in [0.25, 0.3) is 0 Å². The molecule has 2 aromatic rings. The van der Waals surface area contributed by atoms with Gasteiger partial charge in [-0.15, -0.1) is 0 Å². The smallest absolute Gasteiger partial charge is 0.228 e. The highest BCUT2D eigenvalue weighted by atomic mass is 35.5. The second kappa shape index (κ2) is 10.0. The maximum atomic E-state index is 14.1. The minimum absolute atomic E-state index is 0.0330. The normalized spacial score (nSPS) is 17.5. The summed E-state index contributed by atoms with van der Waals surface area (Å²) in [5.74, 6) is -0.355. The van der Waals surface area contributed by atoms with E-state index >= 15 is 0 Å². The van der Waals surface area contributed by atoms with Gasteiger partial charge in [0, 0.05) is 29.4 Å². The first kappa shape index (κ1) is 20.8. The highest BCUT2D eigenvalue weighted by Crippen LogP contribution is 2.25. The molecule has 1 atom stereocenters. The van der Waals surface area contributed by atoms with E-state index in [2.05, 4.69) is 29.3 Å². The second-order valence-corrected chi connectivity index (χ2v) is 7.97. The van der Waals surface area contributed by atoms with Crippen molar-refractivity contribution in [2.45, 2.75) is 45.6 Å². The van der Waals surface area contributed by atoms with Crippen molar-refractivity contribution in [1.82, 2.24) is 4.90 Å². The zero-order valence-electron chi connectivity index (χ0n) is 16.4. The van der Waals surface area contributed by atoms with Crippen LogP contribution in [0.5, 0.6) is 0 Å². The lowest BCUT2D eigenvalue weighted by molar-refractivity contribution is -0.121. The summed E-state index contributed by atoms with van der Waals surface area (Å²) in [5, 5.41) is 3.48. The molecule has 28 heavy (non-hydrogen) atoms. The second-order valence-electron chi connectivity index (χ2n) is 7.56. The summed E-state index contributed by atoms with van der Waals surface area (Å²) in [6, 6.07) is 12.9. The summed E-state index contributed by atoms with van der Waals surface area (Å²) in [4.78, 5) is 14.8. The molecule has 3 rings (SSSR count). The molecular weight excluding hydrogens is 375 g/mol. The number of nitrogens with zero attached hydrogens (tertiary/aromatic N) is 1. The Balaban J connectivity index is 1.57. The Morgan fingerprint density at radius 3 is 2.75 bits per heavy atom. The van der Waals surface area contributed by atoms with E-state index in [9.17, 15) is 9.18 Å². The van der Waals surface area contributed by atoms with E-state index in [0.29, 0.717) is 23.7 Å². The van der Waals surface area contributed by atoms with Crippen molar-refractivity contribution in [1.29, 1.82) is 0 Å². The molecule has 0 radical (unpaired) electrons. The number of likely N-dealkylation sites (tertiary alicyclic amines) is 1. The monoisotopic (exact) mass is 402 g/mol. The van der Waals surface area contributed by atoms with E-state index < -0.39 is 0 Å². The predicted molar refractivity (Wildman–Crippen MR) is 113 cm³/mol. The van der Waals surface area contributed by atoms with Crippen LogP contribution in [0.2, 0.25) is 5.02 Å². The molecule has 150 valence electrons. The highest BCUT2D eigenvalue weighted by Gasteiger charge is 2.26. The molecule has 1 heterocycles. The third-order valence-electron chi connectivity index (χ3n) is 5.36. The van der Waals surface area contributed by atoms with Gasteiger partial charge in [-0.3, -0.25) is 9.69 Å². The van der Waals surface area contributed by atoms with Crippen LogP contribution in [0, 0.1) is 11.7 Å². The van der Waals surface area contributed by atoms with Gasteiger partial charge in [-0.05, 0) is 62.1 Å². The SMILES string of the molecule is CCCCc1ccc(NC(=O)C2CCCN(Cc3c(F)cccc3Cl)C2)cc1. The van der Waals surface area contributed by atoms with Gasteiger partial charge >= 0.3 is 0 Å². The number of carbonyl (C=O) groups is 1. The first-order valence-electron chi connectivity index (χ1n) is 10.1. The number of carbonyl (C=O) groups excluding carboxylic acids is 1. The summed E-state index contributed by atoms with van der Waals surface area (Å²) >= 11 is 6.15. The molecule has 1 fully saturated rings. The molecule has 0 bridgehead atoms. The van der Waals surface area contributed by atoms with E-state index in [0.717, 1.165) is 31.5 Å². The van der Waals surface area contributed by atoms with Crippen molar-refractivity contribution in [3.05, 3.63) is 64.4 Å². The molecule has 0 saturated carbocycles. The van der Waals surface area contributed by atoms with Gasteiger partial charge in [-0.25, -0.2) is 4.39 Å². The van der Waals surface area contributed by atoms with Crippen molar-refractivity contribution in [2.75, 3.05) is 18.4 Å². The summed E-state index contributed by atoms with van der Waals surface area (Å²) < 4.78 is 14.1. The largest absolute Gasteiger partial charge is 0.326 e. The zero-order valence-corrected chi connectivity index (χ0v) is 17.1. The first-order valence-corrected chi connectivity index (χ1v) is 10.5. The molecule has 3 nitrogen and oxygen atoms in total. The molecule has 1 aliphatic heterocycles. The van der Waals surface area contributed by atoms with E-state index in [4.69, 9.17) is 11.6 Å². The molecule has 5 heteroatoms. The summed E-state index contributed by atoms with van der Waals surface area (Å²) in [5.41, 5.74) is 2.64. The number of hydrogen-bond donors (Lipinski definition) is 1. The number of benzene rings is 2. The van der Waals surface area contributed by atoms with Gasteiger partial charge in [0.25, 0.3) is 0 Å². The topological polar surface area (TPSA) is 32.3 Å². The van der Waals surface area contributed by atoms with E-state index in [1.807, 2.05) is 12.1 Å². The number of nitrogens with one attached hydrogen (secondary N) is 1. The number of hydrogen-bond acceptors (Lipinski definition) is 2. The minimum atomic E-state index is -0.290. The maximum absolute atomic E-state index is 14.1.